The van der Waals surface area contributed by atoms with Gasteiger partial charge in [0.2, 0.25) is 11.8 Å². The monoisotopic (exact) mass is 350 g/mol. The SMILES string of the molecule is C=C(C)CN(CC)C(=O)CN1CCN(CC(=O)N2CCCCC2)CC1. The van der Waals surface area contributed by atoms with E-state index in [0.29, 0.717) is 19.6 Å². The smallest absolute Gasteiger partial charge is 0.237 e. The fourth-order valence-electron chi connectivity index (χ4n) is 3.53. The van der Waals surface area contributed by atoms with E-state index in [1.54, 1.807) is 0 Å². The van der Waals surface area contributed by atoms with Crippen molar-refractivity contribution in [3.63, 3.8) is 0 Å². The minimum absolute atomic E-state index is 0.170. The highest BCUT2D eigenvalue weighted by atomic mass is 16.2. The number of carbonyl (C=O) groups is 2. The Bertz CT molecular complexity index is 466. The molecule has 2 rings (SSSR count). The van der Waals surface area contributed by atoms with E-state index in [2.05, 4.69) is 16.4 Å². The van der Waals surface area contributed by atoms with E-state index >= 15 is 0 Å². The molecule has 0 N–H and O–H groups in total. The Morgan fingerprint density at radius 2 is 1.48 bits per heavy atom. The van der Waals surface area contributed by atoms with Gasteiger partial charge in [0.1, 0.15) is 0 Å². The Labute approximate surface area is 152 Å². The van der Waals surface area contributed by atoms with Gasteiger partial charge in [0.25, 0.3) is 0 Å². The first-order valence-corrected chi connectivity index (χ1v) is 9.64. The maximum atomic E-state index is 12.4. The van der Waals surface area contributed by atoms with Gasteiger partial charge in [-0.15, -0.1) is 0 Å². The number of amides is 2. The van der Waals surface area contributed by atoms with Crippen LogP contribution in [0.1, 0.15) is 33.1 Å². The lowest BCUT2D eigenvalue weighted by molar-refractivity contribution is -0.135. The minimum Gasteiger partial charge on any atom is -0.342 e. The summed E-state index contributed by atoms with van der Waals surface area (Å²) in [6, 6.07) is 0. The zero-order valence-corrected chi connectivity index (χ0v) is 16.0. The van der Waals surface area contributed by atoms with Gasteiger partial charge in [-0.25, -0.2) is 0 Å². The quantitative estimate of drug-likeness (QED) is 0.644. The van der Waals surface area contributed by atoms with Crippen LogP contribution in [0.2, 0.25) is 0 Å². The van der Waals surface area contributed by atoms with Gasteiger partial charge in [-0.05, 0) is 33.1 Å². The van der Waals surface area contributed by atoms with Crippen molar-refractivity contribution >= 4 is 11.8 Å². The first-order chi connectivity index (χ1) is 12.0. The van der Waals surface area contributed by atoms with E-state index in [1.165, 1.54) is 6.42 Å². The number of likely N-dealkylation sites (tertiary alicyclic amines) is 1. The van der Waals surface area contributed by atoms with E-state index in [1.807, 2.05) is 23.6 Å². The predicted molar refractivity (Wildman–Crippen MR) is 100 cm³/mol. The molecule has 0 saturated carbocycles. The maximum Gasteiger partial charge on any atom is 0.237 e. The van der Waals surface area contributed by atoms with Crippen molar-refractivity contribution in [1.29, 1.82) is 0 Å². The van der Waals surface area contributed by atoms with Crippen LogP contribution in [0.15, 0.2) is 12.2 Å². The fraction of sp³-hybridized carbons (Fsp3) is 0.789. The highest BCUT2D eigenvalue weighted by Crippen LogP contribution is 2.10. The number of hydrogen-bond acceptors (Lipinski definition) is 4. The minimum atomic E-state index is 0.170. The molecule has 6 heteroatoms. The summed E-state index contributed by atoms with van der Waals surface area (Å²) in [5.74, 6) is 0.436. The largest absolute Gasteiger partial charge is 0.342 e. The molecule has 2 amide bonds. The average Bonchev–Trinajstić information content (AvgIpc) is 2.61. The molecule has 0 atom stereocenters. The molecule has 0 aromatic heterocycles. The van der Waals surface area contributed by atoms with Gasteiger partial charge in [-0.1, -0.05) is 12.2 Å². The molecule has 2 aliphatic rings. The lowest BCUT2D eigenvalue weighted by Gasteiger charge is -2.36. The molecule has 0 radical (unpaired) electrons. The Morgan fingerprint density at radius 1 is 0.920 bits per heavy atom. The topological polar surface area (TPSA) is 47.1 Å². The second kappa shape index (κ2) is 9.92. The average molecular weight is 351 g/mol. The van der Waals surface area contributed by atoms with E-state index in [4.69, 9.17) is 0 Å². The lowest BCUT2D eigenvalue weighted by atomic mass is 10.1. The lowest BCUT2D eigenvalue weighted by Crippen LogP contribution is -2.52. The fourth-order valence-corrected chi connectivity index (χ4v) is 3.53. The van der Waals surface area contributed by atoms with Gasteiger partial charge in [0.15, 0.2) is 0 Å². The van der Waals surface area contributed by atoms with Gasteiger partial charge in [-0.2, -0.15) is 0 Å². The van der Waals surface area contributed by atoms with E-state index in [0.717, 1.165) is 64.2 Å². The Hall–Kier alpha value is -1.40. The van der Waals surface area contributed by atoms with Gasteiger partial charge >= 0.3 is 0 Å². The molecule has 6 nitrogen and oxygen atoms in total. The third-order valence-corrected chi connectivity index (χ3v) is 5.09. The van der Waals surface area contributed by atoms with Crippen LogP contribution in [0.5, 0.6) is 0 Å². The standard InChI is InChI=1S/C19H34N4O2/c1-4-22(14-17(2)3)18(24)15-20-10-12-21(13-11-20)16-19(25)23-8-6-5-7-9-23/h2,4-16H2,1,3H3. The molecular formula is C19H34N4O2. The molecule has 0 unspecified atom stereocenters. The zero-order chi connectivity index (χ0) is 18.2. The molecule has 25 heavy (non-hydrogen) atoms. The van der Waals surface area contributed by atoms with E-state index in [-0.39, 0.29) is 11.8 Å². The van der Waals surface area contributed by atoms with Crippen LogP contribution in [0.25, 0.3) is 0 Å². The van der Waals surface area contributed by atoms with E-state index < -0.39 is 0 Å². The Balaban J connectivity index is 1.71. The number of rotatable bonds is 7. The van der Waals surface area contributed by atoms with Crippen molar-refractivity contribution in [3.8, 4) is 0 Å². The van der Waals surface area contributed by atoms with Crippen LogP contribution in [-0.2, 0) is 9.59 Å². The molecule has 2 saturated heterocycles. The molecule has 2 heterocycles. The van der Waals surface area contributed by atoms with Gasteiger partial charge in [-0.3, -0.25) is 19.4 Å². The molecule has 2 aliphatic heterocycles. The summed E-state index contributed by atoms with van der Waals surface area (Å²) in [6.07, 6.45) is 3.52. The van der Waals surface area contributed by atoms with Crippen LogP contribution < -0.4 is 0 Å². The third-order valence-electron chi connectivity index (χ3n) is 5.09. The van der Waals surface area contributed by atoms with Gasteiger partial charge in [0.05, 0.1) is 13.1 Å². The summed E-state index contributed by atoms with van der Waals surface area (Å²) >= 11 is 0. The van der Waals surface area contributed by atoms with E-state index in [9.17, 15) is 9.59 Å². The Morgan fingerprint density at radius 3 is 2.00 bits per heavy atom. The normalized spacial score (nSPS) is 19.7. The number of nitrogens with zero attached hydrogens (tertiary/aromatic N) is 4. The second-order valence-corrected chi connectivity index (χ2v) is 7.36. The molecule has 2 fully saturated rings. The van der Waals surface area contributed by atoms with Crippen molar-refractivity contribution in [1.82, 2.24) is 19.6 Å². The van der Waals surface area contributed by atoms with Crippen LogP contribution in [-0.4, -0.2) is 96.9 Å². The zero-order valence-electron chi connectivity index (χ0n) is 16.0. The van der Waals surface area contributed by atoms with Crippen molar-refractivity contribution in [3.05, 3.63) is 12.2 Å². The molecular weight excluding hydrogens is 316 g/mol. The number of piperidine rings is 1. The first-order valence-electron chi connectivity index (χ1n) is 9.64. The first kappa shape index (κ1) is 19.9. The van der Waals surface area contributed by atoms with Crippen molar-refractivity contribution in [2.75, 3.05) is 65.4 Å². The third kappa shape index (κ3) is 6.44. The Kier molecular flexibility index (Phi) is 7.90. The molecule has 0 aromatic carbocycles. The molecule has 0 spiro atoms. The van der Waals surface area contributed by atoms with Gasteiger partial charge in [0, 0.05) is 52.4 Å². The highest BCUT2D eigenvalue weighted by Gasteiger charge is 2.24. The highest BCUT2D eigenvalue weighted by molar-refractivity contribution is 5.79. The summed E-state index contributed by atoms with van der Waals surface area (Å²) in [6.45, 7) is 15.5. The van der Waals surface area contributed by atoms with Gasteiger partial charge < -0.3 is 9.80 Å². The number of piperazine rings is 1. The second-order valence-electron chi connectivity index (χ2n) is 7.36. The summed E-state index contributed by atoms with van der Waals surface area (Å²) in [4.78, 5) is 33.1. The molecule has 0 bridgehead atoms. The van der Waals surface area contributed by atoms with Crippen LogP contribution in [0, 0.1) is 0 Å². The van der Waals surface area contributed by atoms with Crippen molar-refractivity contribution in [2.24, 2.45) is 0 Å². The van der Waals surface area contributed by atoms with Crippen LogP contribution in [0.3, 0.4) is 0 Å². The number of carbonyl (C=O) groups excluding carboxylic acids is 2. The summed E-state index contributed by atoms with van der Waals surface area (Å²) in [5, 5.41) is 0. The number of likely N-dealkylation sites (N-methyl/N-ethyl adjacent to an activating group) is 1. The predicted octanol–water partition coefficient (Wildman–Crippen LogP) is 1.04. The van der Waals surface area contributed by atoms with Crippen LogP contribution >= 0.6 is 0 Å². The number of hydrogen-bond donors (Lipinski definition) is 0. The summed E-state index contributed by atoms with van der Waals surface area (Å²) < 4.78 is 0. The summed E-state index contributed by atoms with van der Waals surface area (Å²) in [7, 11) is 0. The molecule has 0 aliphatic carbocycles. The summed E-state index contributed by atoms with van der Waals surface area (Å²) in [5.41, 5.74) is 1.01. The van der Waals surface area contributed by atoms with Crippen molar-refractivity contribution in [2.45, 2.75) is 33.1 Å². The van der Waals surface area contributed by atoms with Crippen LogP contribution in [0.4, 0.5) is 0 Å². The molecule has 0 aromatic rings. The molecule has 142 valence electrons. The van der Waals surface area contributed by atoms with Crippen molar-refractivity contribution < 1.29 is 9.59 Å². The maximum absolute atomic E-state index is 12.4.